The first-order valence-corrected chi connectivity index (χ1v) is 5.13. The Labute approximate surface area is 83.1 Å². The highest BCUT2D eigenvalue weighted by Crippen LogP contribution is 2.35. The largest absolute Gasteiger partial charge is 0.481 e. The van der Waals surface area contributed by atoms with E-state index < -0.39 is 5.97 Å². The van der Waals surface area contributed by atoms with Crippen molar-refractivity contribution in [3.63, 3.8) is 0 Å². The maximum absolute atomic E-state index is 10.7. The van der Waals surface area contributed by atoms with Gasteiger partial charge in [-0.25, -0.2) is 0 Å². The van der Waals surface area contributed by atoms with Crippen molar-refractivity contribution in [3.05, 3.63) is 24.0 Å². The molecule has 14 heavy (non-hydrogen) atoms. The number of aromatic nitrogens is 1. The fraction of sp³-hybridized carbons (Fsp3) is 0.545. The first-order valence-electron chi connectivity index (χ1n) is 5.13. The van der Waals surface area contributed by atoms with Crippen LogP contribution >= 0.6 is 0 Å². The van der Waals surface area contributed by atoms with Gasteiger partial charge in [0, 0.05) is 12.4 Å². The predicted molar refractivity (Wildman–Crippen MR) is 53.1 cm³/mol. The lowest BCUT2D eigenvalue weighted by Gasteiger charge is -2.25. The van der Waals surface area contributed by atoms with E-state index in [1.807, 2.05) is 12.4 Å². The van der Waals surface area contributed by atoms with Crippen LogP contribution in [0.15, 0.2) is 18.5 Å². The minimum atomic E-state index is -0.627. The summed E-state index contributed by atoms with van der Waals surface area (Å²) >= 11 is 0. The SMILES string of the molecule is O=C(O)C1CCC(c2cc[nH]c2)CC1. The lowest BCUT2D eigenvalue weighted by Crippen LogP contribution is -2.20. The molecule has 1 aromatic rings. The predicted octanol–water partition coefficient (Wildman–Crippen LogP) is 2.37. The number of rotatable bonds is 2. The number of carbonyl (C=O) groups is 1. The molecule has 1 saturated carbocycles. The van der Waals surface area contributed by atoms with E-state index in [0.29, 0.717) is 5.92 Å². The van der Waals surface area contributed by atoms with Crippen LogP contribution in [0.2, 0.25) is 0 Å². The summed E-state index contributed by atoms with van der Waals surface area (Å²) in [4.78, 5) is 13.8. The number of nitrogens with one attached hydrogen (secondary N) is 1. The molecule has 1 fully saturated rings. The molecule has 0 aromatic carbocycles. The summed E-state index contributed by atoms with van der Waals surface area (Å²) in [5.41, 5.74) is 1.33. The topological polar surface area (TPSA) is 53.1 Å². The van der Waals surface area contributed by atoms with Crippen LogP contribution in [-0.4, -0.2) is 16.1 Å². The molecule has 76 valence electrons. The molecule has 0 saturated heterocycles. The molecule has 2 N–H and O–H groups in total. The third-order valence-corrected chi connectivity index (χ3v) is 3.17. The minimum absolute atomic E-state index is 0.106. The Morgan fingerprint density at radius 1 is 1.36 bits per heavy atom. The van der Waals surface area contributed by atoms with Gasteiger partial charge in [0.05, 0.1) is 5.92 Å². The second-order valence-electron chi connectivity index (χ2n) is 4.03. The smallest absolute Gasteiger partial charge is 0.306 e. The molecule has 0 amide bonds. The van der Waals surface area contributed by atoms with Gasteiger partial charge in [-0.15, -0.1) is 0 Å². The summed E-state index contributed by atoms with van der Waals surface area (Å²) in [5.74, 6) is -0.167. The first-order chi connectivity index (χ1) is 6.77. The number of hydrogen-bond donors (Lipinski definition) is 2. The van der Waals surface area contributed by atoms with Crippen LogP contribution in [0.1, 0.15) is 37.2 Å². The number of aromatic amines is 1. The molecule has 1 heterocycles. The minimum Gasteiger partial charge on any atom is -0.481 e. The number of aliphatic carboxylic acids is 1. The van der Waals surface area contributed by atoms with Crippen molar-refractivity contribution in [2.24, 2.45) is 5.92 Å². The standard InChI is InChI=1S/C11H15NO2/c13-11(14)9-3-1-8(2-4-9)10-5-6-12-7-10/h5-9,12H,1-4H2,(H,13,14). The summed E-state index contributed by atoms with van der Waals surface area (Å²) in [6.07, 6.45) is 7.62. The van der Waals surface area contributed by atoms with Crippen molar-refractivity contribution in [1.82, 2.24) is 4.98 Å². The van der Waals surface area contributed by atoms with Gasteiger partial charge in [0.2, 0.25) is 0 Å². The van der Waals surface area contributed by atoms with Crippen molar-refractivity contribution in [1.29, 1.82) is 0 Å². The molecule has 0 atom stereocenters. The van der Waals surface area contributed by atoms with Gasteiger partial charge < -0.3 is 10.1 Å². The Kier molecular flexibility index (Phi) is 2.57. The molecule has 1 aliphatic carbocycles. The Morgan fingerprint density at radius 3 is 2.57 bits per heavy atom. The lowest BCUT2D eigenvalue weighted by atomic mass is 9.79. The van der Waals surface area contributed by atoms with Gasteiger partial charge in [0.1, 0.15) is 0 Å². The van der Waals surface area contributed by atoms with Gasteiger partial charge >= 0.3 is 5.97 Å². The van der Waals surface area contributed by atoms with Gasteiger partial charge in [-0.3, -0.25) is 4.79 Å². The second kappa shape index (κ2) is 3.86. The molecule has 3 nitrogen and oxygen atoms in total. The van der Waals surface area contributed by atoms with Crippen LogP contribution in [0.5, 0.6) is 0 Å². The van der Waals surface area contributed by atoms with Crippen LogP contribution in [0.3, 0.4) is 0 Å². The van der Waals surface area contributed by atoms with E-state index >= 15 is 0 Å². The normalized spacial score (nSPS) is 27.4. The van der Waals surface area contributed by atoms with Crippen molar-refractivity contribution >= 4 is 5.97 Å². The monoisotopic (exact) mass is 193 g/mol. The summed E-state index contributed by atoms with van der Waals surface area (Å²) in [7, 11) is 0. The zero-order chi connectivity index (χ0) is 9.97. The molecular formula is C11H15NO2. The van der Waals surface area contributed by atoms with Gasteiger partial charge in [-0.05, 0) is 43.2 Å². The van der Waals surface area contributed by atoms with E-state index in [0.717, 1.165) is 25.7 Å². The van der Waals surface area contributed by atoms with Crippen molar-refractivity contribution in [2.75, 3.05) is 0 Å². The molecule has 1 aliphatic rings. The molecule has 0 aliphatic heterocycles. The van der Waals surface area contributed by atoms with Crippen molar-refractivity contribution in [2.45, 2.75) is 31.6 Å². The van der Waals surface area contributed by atoms with Crippen LogP contribution in [0.4, 0.5) is 0 Å². The summed E-state index contributed by atoms with van der Waals surface area (Å²) in [6.45, 7) is 0. The fourth-order valence-electron chi connectivity index (χ4n) is 2.26. The van der Waals surface area contributed by atoms with Gasteiger partial charge in [-0.2, -0.15) is 0 Å². The summed E-state index contributed by atoms with van der Waals surface area (Å²) in [6, 6.07) is 2.09. The Hall–Kier alpha value is -1.25. The molecule has 0 spiro atoms. The lowest BCUT2D eigenvalue weighted by molar-refractivity contribution is -0.142. The second-order valence-corrected chi connectivity index (χ2v) is 4.03. The average molecular weight is 193 g/mol. The van der Waals surface area contributed by atoms with Crippen LogP contribution < -0.4 is 0 Å². The van der Waals surface area contributed by atoms with E-state index in [1.54, 1.807) is 0 Å². The Bertz CT molecular complexity index is 297. The molecule has 3 heteroatoms. The summed E-state index contributed by atoms with van der Waals surface area (Å²) < 4.78 is 0. The number of hydrogen-bond acceptors (Lipinski definition) is 1. The number of carboxylic acids is 1. The van der Waals surface area contributed by atoms with E-state index in [4.69, 9.17) is 5.11 Å². The number of carboxylic acid groups (broad SMARTS) is 1. The zero-order valence-corrected chi connectivity index (χ0v) is 8.07. The van der Waals surface area contributed by atoms with E-state index in [1.165, 1.54) is 5.56 Å². The van der Waals surface area contributed by atoms with Crippen molar-refractivity contribution < 1.29 is 9.90 Å². The first kappa shape index (κ1) is 9.31. The van der Waals surface area contributed by atoms with E-state index in [2.05, 4.69) is 11.1 Å². The van der Waals surface area contributed by atoms with Crippen molar-refractivity contribution in [3.8, 4) is 0 Å². The maximum Gasteiger partial charge on any atom is 0.306 e. The van der Waals surface area contributed by atoms with Crippen LogP contribution in [0.25, 0.3) is 0 Å². The Balaban J connectivity index is 1.93. The molecular weight excluding hydrogens is 178 g/mol. The average Bonchev–Trinajstić information content (AvgIpc) is 2.71. The molecule has 0 bridgehead atoms. The third-order valence-electron chi connectivity index (χ3n) is 3.17. The molecule has 0 radical (unpaired) electrons. The highest BCUT2D eigenvalue weighted by Gasteiger charge is 2.26. The molecule has 2 rings (SSSR count). The van der Waals surface area contributed by atoms with Crippen LogP contribution in [-0.2, 0) is 4.79 Å². The van der Waals surface area contributed by atoms with E-state index in [-0.39, 0.29) is 5.92 Å². The fourth-order valence-corrected chi connectivity index (χ4v) is 2.26. The summed E-state index contributed by atoms with van der Waals surface area (Å²) in [5, 5.41) is 8.85. The van der Waals surface area contributed by atoms with Gasteiger partial charge in [0.25, 0.3) is 0 Å². The van der Waals surface area contributed by atoms with Gasteiger partial charge in [0.15, 0.2) is 0 Å². The quantitative estimate of drug-likeness (QED) is 0.757. The third kappa shape index (κ3) is 1.81. The van der Waals surface area contributed by atoms with E-state index in [9.17, 15) is 4.79 Å². The Morgan fingerprint density at radius 2 is 2.07 bits per heavy atom. The zero-order valence-electron chi connectivity index (χ0n) is 8.07. The maximum atomic E-state index is 10.7. The molecule has 1 aromatic heterocycles. The highest BCUT2D eigenvalue weighted by molar-refractivity contribution is 5.70. The van der Waals surface area contributed by atoms with Gasteiger partial charge in [-0.1, -0.05) is 0 Å². The molecule has 0 unspecified atom stereocenters. The number of H-pyrrole nitrogens is 1. The van der Waals surface area contributed by atoms with Crippen LogP contribution in [0, 0.1) is 5.92 Å². The highest BCUT2D eigenvalue weighted by atomic mass is 16.4.